The van der Waals surface area contributed by atoms with E-state index in [1.54, 1.807) is 4.57 Å². The first-order valence-corrected chi connectivity index (χ1v) is 11.5. The lowest BCUT2D eigenvalue weighted by Gasteiger charge is -2.34. The van der Waals surface area contributed by atoms with Gasteiger partial charge < -0.3 is 4.90 Å². The van der Waals surface area contributed by atoms with Crippen LogP contribution in [0.5, 0.6) is 0 Å². The summed E-state index contributed by atoms with van der Waals surface area (Å²) in [5, 5.41) is 7.19. The molecule has 0 radical (unpaired) electrons. The van der Waals surface area contributed by atoms with Gasteiger partial charge in [0.15, 0.2) is 5.16 Å². The van der Waals surface area contributed by atoms with Gasteiger partial charge in [0, 0.05) is 39.3 Å². The van der Waals surface area contributed by atoms with E-state index in [0.29, 0.717) is 11.7 Å². The van der Waals surface area contributed by atoms with Crippen molar-refractivity contribution >= 4 is 17.7 Å². The lowest BCUT2D eigenvalue weighted by atomic mass is 10.1. The molecule has 0 unspecified atom stereocenters. The molecule has 0 aliphatic carbocycles. The predicted octanol–water partition coefficient (Wildman–Crippen LogP) is 2.25. The highest BCUT2D eigenvalue weighted by atomic mass is 32.2. The van der Waals surface area contributed by atoms with E-state index in [1.165, 1.54) is 17.3 Å². The largest absolute Gasteiger partial charge is 0.343 e. The number of nitrogens with zero attached hydrogens (tertiary/aromatic N) is 4. The molecule has 1 fully saturated rings. The van der Waals surface area contributed by atoms with E-state index in [1.807, 2.05) is 41.3 Å². The molecule has 162 valence electrons. The standard InChI is InChI=1S/C23H27N5O2S/c29-21(27-15-13-26(14-16-27)17-20-9-5-2-6-10-20)18-31-23-25-24-22(30)28(23)12-11-19-7-3-1-4-8-19/h1-10H,11-18H2,(H,24,30). The van der Waals surface area contributed by atoms with Crippen LogP contribution in [0.1, 0.15) is 11.1 Å². The minimum Gasteiger partial charge on any atom is -0.339 e. The van der Waals surface area contributed by atoms with E-state index in [2.05, 4.69) is 39.4 Å². The smallest absolute Gasteiger partial charge is 0.339 e. The zero-order valence-electron chi connectivity index (χ0n) is 17.4. The van der Waals surface area contributed by atoms with E-state index in [-0.39, 0.29) is 17.3 Å². The SMILES string of the molecule is O=C(CSc1n[nH]c(=O)n1CCc1ccccc1)N1CCN(Cc2ccccc2)CC1. The van der Waals surface area contributed by atoms with Crippen LogP contribution >= 0.6 is 11.8 Å². The molecule has 0 bridgehead atoms. The summed E-state index contributed by atoms with van der Waals surface area (Å²) < 4.78 is 1.61. The average Bonchev–Trinajstić information content (AvgIpc) is 3.17. The zero-order chi connectivity index (χ0) is 21.5. The molecule has 7 nitrogen and oxygen atoms in total. The number of hydrogen-bond donors (Lipinski definition) is 1. The molecule has 1 aliphatic heterocycles. The number of carbonyl (C=O) groups excluding carboxylic acids is 1. The highest BCUT2D eigenvalue weighted by molar-refractivity contribution is 7.99. The first-order valence-electron chi connectivity index (χ1n) is 10.5. The second kappa shape index (κ2) is 10.5. The average molecular weight is 438 g/mol. The number of H-pyrrole nitrogens is 1. The van der Waals surface area contributed by atoms with E-state index < -0.39 is 0 Å². The summed E-state index contributed by atoms with van der Waals surface area (Å²) >= 11 is 1.32. The van der Waals surface area contributed by atoms with Crippen LogP contribution in [0.25, 0.3) is 0 Å². The van der Waals surface area contributed by atoms with Crippen LogP contribution in [0.15, 0.2) is 70.6 Å². The molecule has 8 heteroatoms. The fourth-order valence-electron chi connectivity index (χ4n) is 3.71. The van der Waals surface area contributed by atoms with Gasteiger partial charge >= 0.3 is 5.69 Å². The van der Waals surface area contributed by atoms with Crippen LogP contribution in [0.3, 0.4) is 0 Å². The Morgan fingerprint density at radius 2 is 1.58 bits per heavy atom. The number of hydrogen-bond acceptors (Lipinski definition) is 5. The van der Waals surface area contributed by atoms with Crippen molar-refractivity contribution in [3.8, 4) is 0 Å². The van der Waals surface area contributed by atoms with Gasteiger partial charge in [-0.15, -0.1) is 5.10 Å². The van der Waals surface area contributed by atoms with Crippen molar-refractivity contribution in [3.63, 3.8) is 0 Å². The minimum atomic E-state index is -0.236. The molecule has 1 amide bonds. The van der Waals surface area contributed by atoms with E-state index in [0.717, 1.165) is 44.7 Å². The number of aryl methyl sites for hydroxylation is 1. The number of carbonyl (C=O) groups is 1. The number of aromatic nitrogens is 3. The van der Waals surface area contributed by atoms with Crippen molar-refractivity contribution in [2.75, 3.05) is 31.9 Å². The Bertz CT molecular complexity index is 1030. The third-order valence-electron chi connectivity index (χ3n) is 5.49. The Balaban J connectivity index is 1.25. The van der Waals surface area contributed by atoms with E-state index in [4.69, 9.17) is 0 Å². The van der Waals surface area contributed by atoms with Gasteiger partial charge in [-0.1, -0.05) is 72.4 Å². The number of piperazine rings is 1. The van der Waals surface area contributed by atoms with Crippen LogP contribution in [0, 0.1) is 0 Å². The number of aromatic amines is 1. The number of nitrogens with one attached hydrogen (secondary N) is 1. The van der Waals surface area contributed by atoms with Gasteiger partial charge in [0.1, 0.15) is 0 Å². The fraction of sp³-hybridized carbons (Fsp3) is 0.348. The summed E-state index contributed by atoms with van der Waals surface area (Å²) in [7, 11) is 0. The molecule has 0 atom stereocenters. The Morgan fingerprint density at radius 3 is 2.26 bits per heavy atom. The van der Waals surface area contributed by atoms with Crippen LogP contribution in [-0.4, -0.2) is 62.4 Å². The maximum absolute atomic E-state index is 12.7. The fourth-order valence-corrected chi connectivity index (χ4v) is 4.59. The highest BCUT2D eigenvalue weighted by Crippen LogP contribution is 2.16. The summed E-state index contributed by atoms with van der Waals surface area (Å²) in [6.45, 7) is 4.65. The molecule has 1 N–H and O–H groups in total. The van der Waals surface area contributed by atoms with Gasteiger partial charge in [-0.05, 0) is 17.5 Å². The predicted molar refractivity (Wildman–Crippen MR) is 122 cm³/mol. The maximum atomic E-state index is 12.7. The highest BCUT2D eigenvalue weighted by Gasteiger charge is 2.22. The summed E-state index contributed by atoms with van der Waals surface area (Å²) in [5.74, 6) is 0.378. The van der Waals surface area contributed by atoms with Gasteiger partial charge in [0.05, 0.1) is 5.75 Å². The van der Waals surface area contributed by atoms with Crippen molar-refractivity contribution in [2.45, 2.75) is 24.7 Å². The molecular formula is C23H27N5O2S. The van der Waals surface area contributed by atoms with Crippen molar-refractivity contribution in [2.24, 2.45) is 0 Å². The Kier molecular flexibility index (Phi) is 7.22. The summed E-state index contributed by atoms with van der Waals surface area (Å²) in [4.78, 5) is 29.1. The number of rotatable bonds is 8. The van der Waals surface area contributed by atoms with Crippen molar-refractivity contribution < 1.29 is 4.79 Å². The lowest BCUT2D eigenvalue weighted by Crippen LogP contribution is -2.48. The van der Waals surface area contributed by atoms with Gasteiger partial charge in [-0.2, -0.15) is 0 Å². The van der Waals surface area contributed by atoms with E-state index in [9.17, 15) is 9.59 Å². The molecule has 3 aromatic rings. The molecule has 2 heterocycles. The Morgan fingerprint density at radius 1 is 0.935 bits per heavy atom. The van der Waals surface area contributed by atoms with Crippen LogP contribution in [-0.2, 0) is 24.3 Å². The molecule has 1 aromatic heterocycles. The third-order valence-corrected chi connectivity index (χ3v) is 6.45. The molecular weight excluding hydrogens is 410 g/mol. The molecule has 2 aromatic carbocycles. The topological polar surface area (TPSA) is 74.2 Å². The quantitative estimate of drug-likeness (QED) is 0.547. The lowest BCUT2D eigenvalue weighted by molar-refractivity contribution is -0.130. The van der Waals surface area contributed by atoms with Crippen molar-refractivity contribution in [1.82, 2.24) is 24.6 Å². The van der Waals surface area contributed by atoms with Gasteiger partial charge in [-0.25, -0.2) is 9.89 Å². The van der Waals surface area contributed by atoms with Crippen molar-refractivity contribution in [1.29, 1.82) is 0 Å². The van der Waals surface area contributed by atoms with E-state index >= 15 is 0 Å². The van der Waals surface area contributed by atoms with Gasteiger partial charge in [-0.3, -0.25) is 14.3 Å². The maximum Gasteiger partial charge on any atom is 0.343 e. The van der Waals surface area contributed by atoms with Crippen LogP contribution in [0.2, 0.25) is 0 Å². The number of thioether (sulfide) groups is 1. The van der Waals surface area contributed by atoms with Crippen LogP contribution < -0.4 is 5.69 Å². The first-order chi connectivity index (χ1) is 15.2. The molecule has 1 saturated heterocycles. The Hall–Kier alpha value is -2.84. The monoisotopic (exact) mass is 437 g/mol. The second-order valence-corrected chi connectivity index (χ2v) is 8.57. The third kappa shape index (κ3) is 5.86. The van der Waals surface area contributed by atoms with Crippen molar-refractivity contribution in [3.05, 3.63) is 82.3 Å². The molecule has 1 aliphatic rings. The summed E-state index contributed by atoms with van der Waals surface area (Å²) in [6, 6.07) is 20.4. The normalized spacial score (nSPS) is 14.6. The minimum absolute atomic E-state index is 0.0921. The zero-order valence-corrected chi connectivity index (χ0v) is 18.3. The summed E-state index contributed by atoms with van der Waals surface area (Å²) in [6.07, 6.45) is 0.741. The van der Waals surface area contributed by atoms with Gasteiger partial charge in [0.2, 0.25) is 5.91 Å². The molecule has 0 saturated carbocycles. The second-order valence-electron chi connectivity index (χ2n) is 7.63. The Labute approximate surface area is 186 Å². The van der Waals surface area contributed by atoms with Crippen LogP contribution in [0.4, 0.5) is 0 Å². The molecule has 31 heavy (non-hydrogen) atoms. The summed E-state index contributed by atoms with van der Waals surface area (Å²) in [5.41, 5.74) is 2.22. The number of benzene rings is 2. The molecule has 4 rings (SSSR count). The number of amides is 1. The molecule has 0 spiro atoms. The first kappa shape index (κ1) is 21.4. The van der Waals surface area contributed by atoms with Gasteiger partial charge in [0.25, 0.3) is 0 Å².